The average molecular weight is 349 g/mol. The Bertz CT molecular complexity index is 441. The number of carbonyl (C=O) groups excluding carboxylic acids is 1. The highest BCUT2D eigenvalue weighted by Crippen LogP contribution is 2.41. The van der Waals surface area contributed by atoms with Gasteiger partial charge in [-0.3, -0.25) is 4.79 Å². The number of rotatable bonds is 11. The van der Waals surface area contributed by atoms with Crippen LogP contribution in [0.5, 0.6) is 0 Å². The van der Waals surface area contributed by atoms with Crippen molar-refractivity contribution in [1.82, 2.24) is 0 Å². The SMILES string of the molecule is CCCCCCCCC(O)/C=C/C=C/[C@H]1CC[C@H]1C1CCCC(=O)O1. The summed E-state index contributed by atoms with van der Waals surface area (Å²) in [5.74, 6) is 1.00. The molecule has 142 valence electrons. The minimum atomic E-state index is -0.327. The summed E-state index contributed by atoms with van der Waals surface area (Å²) < 4.78 is 5.51. The highest BCUT2D eigenvalue weighted by atomic mass is 16.5. The van der Waals surface area contributed by atoms with Gasteiger partial charge < -0.3 is 9.84 Å². The first kappa shape index (κ1) is 20.2. The Morgan fingerprint density at radius 3 is 2.64 bits per heavy atom. The van der Waals surface area contributed by atoms with Crippen LogP contribution in [0.15, 0.2) is 24.3 Å². The molecule has 3 nitrogen and oxygen atoms in total. The normalized spacial score (nSPS) is 28.2. The number of allylic oxidation sites excluding steroid dienone is 3. The molecule has 1 saturated carbocycles. The van der Waals surface area contributed by atoms with Crippen LogP contribution in [0.25, 0.3) is 0 Å². The summed E-state index contributed by atoms with van der Waals surface area (Å²) in [4.78, 5) is 11.4. The van der Waals surface area contributed by atoms with Gasteiger partial charge >= 0.3 is 5.97 Å². The highest BCUT2D eigenvalue weighted by Gasteiger charge is 2.38. The number of hydrogen-bond donors (Lipinski definition) is 1. The average Bonchev–Trinajstić information content (AvgIpc) is 2.57. The van der Waals surface area contributed by atoms with Crippen molar-refractivity contribution in [3.8, 4) is 0 Å². The van der Waals surface area contributed by atoms with E-state index in [0.29, 0.717) is 18.3 Å². The van der Waals surface area contributed by atoms with Crippen molar-refractivity contribution >= 4 is 5.97 Å². The van der Waals surface area contributed by atoms with Gasteiger partial charge in [-0.15, -0.1) is 0 Å². The third kappa shape index (κ3) is 7.35. The van der Waals surface area contributed by atoms with Gasteiger partial charge in [0.2, 0.25) is 0 Å². The summed E-state index contributed by atoms with van der Waals surface area (Å²) >= 11 is 0. The number of cyclic esters (lactones) is 1. The number of ether oxygens (including phenoxy) is 1. The van der Waals surface area contributed by atoms with Gasteiger partial charge in [0.1, 0.15) is 6.10 Å². The number of hydrogen-bond acceptors (Lipinski definition) is 3. The van der Waals surface area contributed by atoms with E-state index in [9.17, 15) is 9.90 Å². The molecule has 1 heterocycles. The highest BCUT2D eigenvalue weighted by molar-refractivity contribution is 5.70. The van der Waals surface area contributed by atoms with E-state index in [0.717, 1.165) is 32.1 Å². The molecule has 0 aromatic heterocycles. The van der Waals surface area contributed by atoms with Crippen LogP contribution in [0, 0.1) is 11.8 Å². The number of aliphatic hydroxyl groups excluding tert-OH is 1. The Balaban J connectivity index is 1.59. The molecule has 0 radical (unpaired) electrons. The van der Waals surface area contributed by atoms with Gasteiger partial charge in [-0.1, -0.05) is 69.8 Å². The maximum absolute atomic E-state index is 11.4. The lowest BCUT2D eigenvalue weighted by Gasteiger charge is -2.41. The second-order valence-electron chi connectivity index (χ2n) is 7.72. The standard InChI is InChI=1S/C22H36O3/c1-2-3-4-5-6-7-12-19(23)13-9-8-11-18-16-17-20(18)21-14-10-15-22(24)25-21/h8-9,11,13,18-21,23H,2-7,10,12,14-17H2,1H3/b11-8+,13-9+/t18-,19?,20+,21?/m0/s1. The topological polar surface area (TPSA) is 46.5 Å². The first-order valence-corrected chi connectivity index (χ1v) is 10.4. The summed E-state index contributed by atoms with van der Waals surface area (Å²) in [5, 5.41) is 10.00. The molecule has 25 heavy (non-hydrogen) atoms. The van der Waals surface area contributed by atoms with E-state index in [4.69, 9.17) is 4.74 Å². The van der Waals surface area contributed by atoms with Crippen LogP contribution in [0.1, 0.15) is 84.0 Å². The quantitative estimate of drug-likeness (QED) is 0.312. The summed E-state index contributed by atoms with van der Waals surface area (Å²) in [5.41, 5.74) is 0. The zero-order chi connectivity index (χ0) is 17.9. The largest absolute Gasteiger partial charge is 0.462 e. The van der Waals surface area contributed by atoms with E-state index < -0.39 is 0 Å². The molecule has 2 fully saturated rings. The van der Waals surface area contributed by atoms with Crippen molar-refractivity contribution in [1.29, 1.82) is 0 Å². The zero-order valence-electron chi connectivity index (χ0n) is 15.9. The maximum atomic E-state index is 11.4. The van der Waals surface area contributed by atoms with Crippen LogP contribution >= 0.6 is 0 Å². The van der Waals surface area contributed by atoms with Crippen molar-refractivity contribution in [2.75, 3.05) is 0 Å². The van der Waals surface area contributed by atoms with Crippen LogP contribution in [0.2, 0.25) is 0 Å². The van der Waals surface area contributed by atoms with Crippen molar-refractivity contribution in [2.24, 2.45) is 11.8 Å². The molecule has 1 saturated heterocycles. The smallest absolute Gasteiger partial charge is 0.306 e. The van der Waals surface area contributed by atoms with Gasteiger partial charge in [-0.2, -0.15) is 0 Å². The molecule has 0 aromatic rings. The molecule has 0 amide bonds. The van der Waals surface area contributed by atoms with Gasteiger partial charge in [0.15, 0.2) is 0 Å². The Morgan fingerprint density at radius 2 is 1.92 bits per heavy atom. The molecule has 3 heteroatoms. The fourth-order valence-corrected chi connectivity index (χ4v) is 3.92. The van der Waals surface area contributed by atoms with Crippen LogP contribution in [-0.4, -0.2) is 23.3 Å². The molecule has 4 atom stereocenters. The van der Waals surface area contributed by atoms with Crippen LogP contribution in [-0.2, 0) is 9.53 Å². The lowest BCUT2D eigenvalue weighted by molar-refractivity contribution is -0.160. The van der Waals surface area contributed by atoms with E-state index >= 15 is 0 Å². The summed E-state index contributed by atoms with van der Waals surface area (Å²) in [6.07, 6.45) is 21.3. The van der Waals surface area contributed by atoms with E-state index in [1.807, 2.05) is 12.2 Å². The molecule has 0 spiro atoms. The van der Waals surface area contributed by atoms with Crippen molar-refractivity contribution < 1.29 is 14.6 Å². The minimum Gasteiger partial charge on any atom is -0.462 e. The third-order valence-corrected chi connectivity index (χ3v) is 5.67. The van der Waals surface area contributed by atoms with E-state index in [1.165, 1.54) is 38.5 Å². The van der Waals surface area contributed by atoms with Gasteiger partial charge in [-0.25, -0.2) is 0 Å². The van der Waals surface area contributed by atoms with Gasteiger partial charge in [-0.05, 0) is 38.0 Å². The first-order chi connectivity index (χ1) is 12.2. The van der Waals surface area contributed by atoms with Gasteiger partial charge in [0.25, 0.3) is 0 Å². The molecule has 0 aromatic carbocycles. The monoisotopic (exact) mass is 348 g/mol. The van der Waals surface area contributed by atoms with E-state index in [2.05, 4.69) is 19.1 Å². The maximum Gasteiger partial charge on any atom is 0.306 e. The summed E-state index contributed by atoms with van der Waals surface area (Å²) in [6.45, 7) is 2.23. The first-order valence-electron chi connectivity index (χ1n) is 10.4. The minimum absolute atomic E-state index is 0.0245. The van der Waals surface area contributed by atoms with Crippen LogP contribution < -0.4 is 0 Å². The molecule has 1 N–H and O–H groups in total. The van der Waals surface area contributed by atoms with Crippen molar-refractivity contribution in [3.63, 3.8) is 0 Å². The molecular weight excluding hydrogens is 312 g/mol. The van der Waals surface area contributed by atoms with Crippen molar-refractivity contribution in [3.05, 3.63) is 24.3 Å². The lowest BCUT2D eigenvalue weighted by atomic mass is 9.69. The second-order valence-corrected chi connectivity index (χ2v) is 7.72. The predicted octanol–water partition coefficient (Wildman–Crippen LogP) is 5.33. The Kier molecular flexibility index (Phi) is 9.31. The molecular formula is C22H36O3. The van der Waals surface area contributed by atoms with Crippen LogP contribution in [0.3, 0.4) is 0 Å². The molecule has 1 aliphatic heterocycles. The second kappa shape index (κ2) is 11.5. The van der Waals surface area contributed by atoms with E-state index in [-0.39, 0.29) is 18.2 Å². The predicted molar refractivity (Wildman–Crippen MR) is 102 cm³/mol. The lowest BCUT2D eigenvalue weighted by Crippen LogP contribution is -2.39. The van der Waals surface area contributed by atoms with Gasteiger partial charge in [0.05, 0.1) is 6.10 Å². The molecule has 2 rings (SSSR count). The van der Waals surface area contributed by atoms with Crippen LogP contribution in [0.4, 0.5) is 0 Å². The summed E-state index contributed by atoms with van der Waals surface area (Å²) in [7, 11) is 0. The third-order valence-electron chi connectivity index (χ3n) is 5.67. The molecule has 2 aliphatic rings. The number of unbranched alkanes of at least 4 members (excludes halogenated alkanes) is 5. The van der Waals surface area contributed by atoms with Crippen molar-refractivity contribution in [2.45, 2.75) is 96.2 Å². The molecule has 2 unspecified atom stereocenters. The van der Waals surface area contributed by atoms with Gasteiger partial charge in [0, 0.05) is 12.3 Å². The number of esters is 1. The Morgan fingerprint density at radius 1 is 1.12 bits per heavy atom. The fourth-order valence-electron chi connectivity index (χ4n) is 3.92. The molecule has 0 bridgehead atoms. The molecule has 1 aliphatic carbocycles. The Labute approximate surface area is 153 Å². The van der Waals surface area contributed by atoms with E-state index in [1.54, 1.807) is 0 Å². The number of carbonyl (C=O) groups is 1. The Hall–Kier alpha value is -1.09. The zero-order valence-corrected chi connectivity index (χ0v) is 15.9. The number of aliphatic hydroxyl groups is 1. The fraction of sp³-hybridized carbons (Fsp3) is 0.773. The summed E-state index contributed by atoms with van der Waals surface area (Å²) in [6, 6.07) is 0.